The Morgan fingerprint density at radius 3 is 2.33 bits per heavy atom. The van der Waals surface area contributed by atoms with Gasteiger partial charge < -0.3 is 10.5 Å². The first-order valence-corrected chi connectivity index (χ1v) is 5.66. The molecule has 2 aromatic carbocycles. The molecule has 0 amide bonds. The fraction of sp³-hybridized carbons (Fsp3) is 0.0769. The van der Waals surface area contributed by atoms with Gasteiger partial charge in [0.15, 0.2) is 0 Å². The smallest absolute Gasteiger partial charge is 0.423 e. The summed E-state index contributed by atoms with van der Waals surface area (Å²) >= 11 is 0. The summed E-state index contributed by atoms with van der Waals surface area (Å²) in [6, 6.07) is 8.52. The van der Waals surface area contributed by atoms with E-state index in [4.69, 9.17) is 10.5 Å². The number of nitrogen functional groups attached to an aromatic ring is 1. The van der Waals surface area contributed by atoms with Crippen LogP contribution in [0.3, 0.4) is 0 Å². The van der Waals surface area contributed by atoms with Crippen LogP contribution in [0.1, 0.15) is 5.56 Å². The maximum Gasteiger partial charge on any atom is 0.423 e. The van der Waals surface area contributed by atoms with Crippen molar-refractivity contribution in [3.8, 4) is 11.5 Å². The molecule has 0 bridgehead atoms. The number of rotatable bonds is 3. The van der Waals surface area contributed by atoms with Gasteiger partial charge >= 0.3 is 6.18 Å². The van der Waals surface area contributed by atoms with Gasteiger partial charge in [0.25, 0.3) is 5.69 Å². The molecule has 0 aliphatic carbocycles. The van der Waals surface area contributed by atoms with Gasteiger partial charge in [0, 0.05) is 17.8 Å². The fourth-order valence-electron chi connectivity index (χ4n) is 1.68. The summed E-state index contributed by atoms with van der Waals surface area (Å²) in [5.41, 5.74) is 3.51. The predicted molar refractivity (Wildman–Crippen MR) is 69.0 cm³/mol. The first kappa shape index (κ1) is 14.6. The van der Waals surface area contributed by atoms with Crippen LogP contribution in [-0.2, 0) is 6.18 Å². The predicted octanol–water partition coefficient (Wildman–Crippen LogP) is 3.99. The van der Waals surface area contributed by atoms with Crippen molar-refractivity contribution in [1.82, 2.24) is 0 Å². The maximum atomic E-state index is 12.8. The zero-order valence-electron chi connectivity index (χ0n) is 10.4. The SMILES string of the molecule is Nc1cccc(Oc2ccc([N+](=O)[O-])c(C(F)(F)F)c2)c1. The van der Waals surface area contributed by atoms with Crippen molar-refractivity contribution in [3.05, 3.63) is 58.1 Å². The highest BCUT2D eigenvalue weighted by Crippen LogP contribution is 2.39. The largest absolute Gasteiger partial charge is 0.457 e. The van der Waals surface area contributed by atoms with Crippen molar-refractivity contribution in [2.75, 3.05) is 5.73 Å². The average molecular weight is 298 g/mol. The molecule has 0 heterocycles. The molecule has 2 N–H and O–H groups in total. The Hall–Kier alpha value is -2.77. The Morgan fingerprint density at radius 1 is 1.10 bits per heavy atom. The van der Waals surface area contributed by atoms with E-state index in [1.54, 1.807) is 12.1 Å². The van der Waals surface area contributed by atoms with E-state index < -0.39 is 22.4 Å². The lowest BCUT2D eigenvalue weighted by molar-refractivity contribution is -0.388. The van der Waals surface area contributed by atoms with Crippen LogP contribution in [0, 0.1) is 10.1 Å². The Labute approximate surface area is 116 Å². The van der Waals surface area contributed by atoms with E-state index in [1.165, 1.54) is 12.1 Å². The van der Waals surface area contributed by atoms with Gasteiger partial charge in [-0.2, -0.15) is 13.2 Å². The van der Waals surface area contributed by atoms with E-state index in [9.17, 15) is 23.3 Å². The minimum Gasteiger partial charge on any atom is -0.457 e. The topological polar surface area (TPSA) is 78.4 Å². The van der Waals surface area contributed by atoms with Crippen molar-refractivity contribution in [2.45, 2.75) is 6.18 Å². The lowest BCUT2D eigenvalue weighted by Gasteiger charge is -2.11. The second-order valence-corrected chi connectivity index (χ2v) is 4.11. The van der Waals surface area contributed by atoms with Crippen molar-refractivity contribution < 1.29 is 22.8 Å². The second kappa shape index (κ2) is 5.31. The van der Waals surface area contributed by atoms with Gasteiger partial charge in [0.2, 0.25) is 0 Å². The number of nitrogens with zero attached hydrogens (tertiary/aromatic N) is 1. The number of nitro groups is 1. The molecule has 2 rings (SSSR count). The van der Waals surface area contributed by atoms with Crippen LogP contribution < -0.4 is 10.5 Å². The third-order valence-corrected chi connectivity index (χ3v) is 2.56. The molecule has 0 fully saturated rings. The first-order chi connectivity index (χ1) is 9.77. The minimum atomic E-state index is -4.85. The molecule has 0 radical (unpaired) electrons. The zero-order valence-corrected chi connectivity index (χ0v) is 10.4. The molecule has 0 aromatic heterocycles. The highest BCUT2D eigenvalue weighted by Gasteiger charge is 2.38. The molecule has 0 aliphatic rings. The van der Waals surface area contributed by atoms with E-state index in [1.807, 2.05) is 0 Å². The number of halogens is 3. The third-order valence-electron chi connectivity index (χ3n) is 2.56. The van der Waals surface area contributed by atoms with E-state index >= 15 is 0 Å². The number of ether oxygens (including phenoxy) is 1. The molecule has 0 spiro atoms. The van der Waals surface area contributed by atoms with Crippen molar-refractivity contribution in [1.29, 1.82) is 0 Å². The summed E-state index contributed by atoms with van der Waals surface area (Å²) < 4.78 is 43.7. The standard InChI is InChI=1S/C13H9F3N2O3/c14-13(15,16)11-7-10(4-5-12(11)18(19)20)21-9-3-1-2-8(17)6-9/h1-7H,17H2. The number of alkyl halides is 3. The molecule has 0 aliphatic heterocycles. The summed E-state index contributed by atoms with van der Waals surface area (Å²) in [6.07, 6.45) is -4.85. The molecule has 2 aromatic rings. The second-order valence-electron chi connectivity index (χ2n) is 4.11. The van der Waals surface area contributed by atoms with Gasteiger partial charge in [-0.25, -0.2) is 0 Å². The van der Waals surface area contributed by atoms with Gasteiger partial charge in [0.1, 0.15) is 17.1 Å². The summed E-state index contributed by atoms with van der Waals surface area (Å²) in [7, 11) is 0. The average Bonchev–Trinajstić information content (AvgIpc) is 2.37. The Morgan fingerprint density at radius 2 is 1.76 bits per heavy atom. The van der Waals surface area contributed by atoms with E-state index in [0.29, 0.717) is 11.8 Å². The van der Waals surface area contributed by atoms with Gasteiger partial charge in [-0.1, -0.05) is 6.07 Å². The van der Waals surface area contributed by atoms with Crippen molar-refractivity contribution >= 4 is 11.4 Å². The van der Waals surface area contributed by atoms with E-state index in [0.717, 1.165) is 12.1 Å². The van der Waals surface area contributed by atoms with Crippen LogP contribution in [0.2, 0.25) is 0 Å². The van der Waals surface area contributed by atoms with E-state index in [-0.39, 0.29) is 11.5 Å². The van der Waals surface area contributed by atoms with Gasteiger partial charge in [-0.15, -0.1) is 0 Å². The summed E-state index contributed by atoms with van der Waals surface area (Å²) in [5, 5.41) is 10.6. The third kappa shape index (κ3) is 3.41. The number of nitrogens with two attached hydrogens (primary N) is 1. The van der Waals surface area contributed by atoms with E-state index in [2.05, 4.69) is 0 Å². The molecular formula is C13H9F3N2O3. The lowest BCUT2D eigenvalue weighted by atomic mass is 10.1. The van der Waals surface area contributed by atoms with Crippen LogP contribution in [0.25, 0.3) is 0 Å². The molecule has 21 heavy (non-hydrogen) atoms. The quantitative estimate of drug-likeness (QED) is 0.528. The van der Waals surface area contributed by atoms with Crippen molar-refractivity contribution in [2.24, 2.45) is 0 Å². The molecule has 0 atom stereocenters. The molecule has 5 nitrogen and oxygen atoms in total. The van der Waals surface area contributed by atoms with Crippen LogP contribution in [-0.4, -0.2) is 4.92 Å². The number of benzene rings is 2. The zero-order chi connectivity index (χ0) is 15.6. The first-order valence-electron chi connectivity index (χ1n) is 5.66. The van der Waals surface area contributed by atoms with Gasteiger partial charge in [0.05, 0.1) is 4.92 Å². The van der Waals surface area contributed by atoms with Crippen LogP contribution in [0.15, 0.2) is 42.5 Å². The minimum absolute atomic E-state index is 0.168. The Balaban J connectivity index is 2.40. The summed E-state index contributed by atoms with van der Waals surface area (Å²) in [6.45, 7) is 0. The van der Waals surface area contributed by atoms with Gasteiger partial charge in [-0.05, 0) is 24.3 Å². The molecule has 0 unspecified atom stereocenters. The monoisotopic (exact) mass is 298 g/mol. The number of hydrogen-bond donors (Lipinski definition) is 1. The van der Waals surface area contributed by atoms with Crippen LogP contribution in [0.4, 0.5) is 24.5 Å². The highest BCUT2D eigenvalue weighted by atomic mass is 19.4. The number of hydrogen-bond acceptors (Lipinski definition) is 4. The maximum absolute atomic E-state index is 12.8. The molecular weight excluding hydrogens is 289 g/mol. The summed E-state index contributed by atoms with van der Waals surface area (Å²) in [5.74, 6) is 0.0653. The molecule has 0 saturated heterocycles. The lowest BCUT2D eigenvalue weighted by Crippen LogP contribution is -2.09. The Kier molecular flexibility index (Phi) is 3.70. The molecule has 0 saturated carbocycles. The fourth-order valence-corrected chi connectivity index (χ4v) is 1.68. The number of anilines is 1. The Bertz CT molecular complexity index is 687. The van der Waals surface area contributed by atoms with Crippen LogP contribution in [0.5, 0.6) is 11.5 Å². The highest BCUT2D eigenvalue weighted by molar-refractivity contribution is 5.49. The number of nitro benzene ring substituents is 1. The summed E-state index contributed by atoms with van der Waals surface area (Å²) in [4.78, 5) is 9.54. The molecule has 8 heteroatoms. The normalized spacial score (nSPS) is 11.2. The van der Waals surface area contributed by atoms with Crippen molar-refractivity contribution in [3.63, 3.8) is 0 Å². The molecule has 110 valence electrons. The van der Waals surface area contributed by atoms with Crippen LogP contribution >= 0.6 is 0 Å². The van der Waals surface area contributed by atoms with Gasteiger partial charge in [-0.3, -0.25) is 10.1 Å².